The molecule has 0 aliphatic carbocycles. The Kier molecular flexibility index (Phi) is 6.40. The Morgan fingerprint density at radius 3 is 2.89 bits per heavy atom. The van der Waals surface area contributed by atoms with Crippen LogP contribution in [0.1, 0.15) is 23.6 Å². The molecule has 1 aromatic heterocycles. The molecule has 28 heavy (non-hydrogen) atoms. The fraction of sp³-hybridized carbons (Fsp3) is 0.200. The number of nitrogens with zero attached hydrogens (tertiary/aromatic N) is 4. The van der Waals surface area contributed by atoms with E-state index in [2.05, 4.69) is 17.1 Å². The zero-order valence-electron chi connectivity index (χ0n) is 15.1. The van der Waals surface area contributed by atoms with Crippen molar-refractivity contribution in [3.05, 3.63) is 71.3 Å². The molecule has 0 unspecified atom stereocenters. The van der Waals surface area contributed by atoms with Crippen LogP contribution in [0, 0.1) is 17.1 Å². The number of thioether (sulfide) groups is 1. The lowest BCUT2D eigenvalue weighted by Gasteiger charge is -2.10. The summed E-state index contributed by atoms with van der Waals surface area (Å²) in [7, 11) is 0. The number of hydrogen-bond donors (Lipinski definition) is 0. The maximum absolute atomic E-state index is 13.8. The molecule has 3 aromatic rings. The number of carbonyl (C=O) groups excluding carboxylic acids is 1. The Morgan fingerprint density at radius 1 is 1.29 bits per heavy atom. The fourth-order valence-electron chi connectivity index (χ4n) is 2.61. The van der Waals surface area contributed by atoms with E-state index in [0.29, 0.717) is 10.7 Å². The van der Waals surface area contributed by atoms with E-state index in [4.69, 9.17) is 10.00 Å². The number of carbonyl (C=O) groups is 1. The zero-order valence-corrected chi connectivity index (χ0v) is 15.9. The minimum absolute atomic E-state index is 0.00649. The van der Waals surface area contributed by atoms with Gasteiger partial charge in [-0.15, -0.1) is 10.2 Å². The highest BCUT2D eigenvalue weighted by Crippen LogP contribution is 2.22. The lowest BCUT2D eigenvalue weighted by atomic mass is 10.1. The summed E-state index contributed by atoms with van der Waals surface area (Å²) in [6, 6.07) is 13.8. The number of rotatable bonds is 7. The van der Waals surface area contributed by atoms with Crippen LogP contribution in [0.4, 0.5) is 4.39 Å². The maximum atomic E-state index is 13.8. The van der Waals surface area contributed by atoms with Gasteiger partial charge < -0.3 is 4.74 Å². The van der Waals surface area contributed by atoms with E-state index in [-0.39, 0.29) is 17.9 Å². The highest BCUT2D eigenvalue weighted by Gasteiger charge is 2.13. The molecule has 0 atom stereocenters. The van der Waals surface area contributed by atoms with E-state index in [0.717, 1.165) is 17.7 Å². The highest BCUT2D eigenvalue weighted by atomic mass is 32.2. The number of para-hydroxylation sites is 1. The number of hydrogen-bond acceptors (Lipinski definition) is 6. The largest absolute Gasteiger partial charge is 0.460 e. The molecule has 0 fully saturated rings. The van der Waals surface area contributed by atoms with Crippen molar-refractivity contribution < 1.29 is 13.9 Å². The predicted octanol–water partition coefficient (Wildman–Crippen LogP) is 3.68. The second kappa shape index (κ2) is 9.15. The van der Waals surface area contributed by atoms with Crippen molar-refractivity contribution in [1.82, 2.24) is 14.8 Å². The molecule has 0 spiro atoms. The van der Waals surface area contributed by atoms with Crippen molar-refractivity contribution in [3.63, 3.8) is 0 Å². The molecule has 8 heteroatoms. The normalized spacial score (nSPS) is 10.5. The van der Waals surface area contributed by atoms with Gasteiger partial charge in [0.2, 0.25) is 0 Å². The molecule has 0 saturated heterocycles. The van der Waals surface area contributed by atoms with Crippen molar-refractivity contribution >= 4 is 17.7 Å². The minimum atomic E-state index is -0.518. The Hall–Kier alpha value is -3.18. The van der Waals surface area contributed by atoms with Crippen LogP contribution in [-0.4, -0.2) is 26.5 Å². The number of nitriles is 1. The van der Waals surface area contributed by atoms with Gasteiger partial charge in [-0.05, 0) is 36.2 Å². The van der Waals surface area contributed by atoms with Gasteiger partial charge in [0.05, 0.1) is 23.1 Å². The minimum Gasteiger partial charge on any atom is -0.460 e. The van der Waals surface area contributed by atoms with Crippen LogP contribution in [-0.2, 0) is 22.6 Å². The molecular formula is C20H17FN4O2S. The lowest BCUT2D eigenvalue weighted by Crippen LogP contribution is -2.09. The molecule has 0 radical (unpaired) electrons. The van der Waals surface area contributed by atoms with E-state index < -0.39 is 11.8 Å². The molecule has 142 valence electrons. The first-order valence-corrected chi connectivity index (χ1v) is 9.56. The SMILES string of the molecule is CCc1ccccc1-n1cnnc1SCC(=O)OCc1cc(C#N)ccc1F. The van der Waals surface area contributed by atoms with E-state index in [1.807, 2.05) is 34.9 Å². The summed E-state index contributed by atoms with van der Waals surface area (Å²) in [5.41, 5.74) is 2.57. The average molecular weight is 396 g/mol. The van der Waals surface area contributed by atoms with Crippen LogP contribution in [0.25, 0.3) is 5.69 Å². The summed E-state index contributed by atoms with van der Waals surface area (Å²) in [6.45, 7) is 1.83. The highest BCUT2D eigenvalue weighted by molar-refractivity contribution is 7.99. The third-order valence-corrected chi connectivity index (χ3v) is 4.95. The van der Waals surface area contributed by atoms with Crippen LogP contribution >= 0.6 is 11.8 Å². The first-order valence-electron chi connectivity index (χ1n) is 8.57. The van der Waals surface area contributed by atoms with Crippen LogP contribution in [0.5, 0.6) is 0 Å². The Balaban J connectivity index is 1.62. The number of aromatic nitrogens is 3. The molecule has 0 saturated carbocycles. The third-order valence-electron chi connectivity index (χ3n) is 4.03. The molecule has 6 nitrogen and oxygen atoms in total. The van der Waals surface area contributed by atoms with Crippen LogP contribution in [0.2, 0.25) is 0 Å². The summed E-state index contributed by atoms with van der Waals surface area (Å²) < 4.78 is 20.7. The third kappa shape index (κ3) is 4.56. The van der Waals surface area contributed by atoms with Gasteiger partial charge in [-0.3, -0.25) is 9.36 Å². The van der Waals surface area contributed by atoms with E-state index in [9.17, 15) is 9.18 Å². The summed E-state index contributed by atoms with van der Waals surface area (Å²) in [4.78, 5) is 12.1. The first-order chi connectivity index (χ1) is 13.6. The number of benzene rings is 2. The van der Waals surface area contributed by atoms with Crippen molar-refractivity contribution in [3.8, 4) is 11.8 Å². The first kappa shape index (κ1) is 19.6. The van der Waals surface area contributed by atoms with Gasteiger partial charge in [0.25, 0.3) is 0 Å². The van der Waals surface area contributed by atoms with E-state index in [1.165, 1.54) is 30.0 Å². The van der Waals surface area contributed by atoms with Crippen LogP contribution in [0.3, 0.4) is 0 Å². The van der Waals surface area contributed by atoms with Gasteiger partial charge >= 0.3 is 5.97 Å². The van der Waals surface area contributed by atoms with Crippen LogP contribution < -0.4 is 0 Å². The van der Waals surface area contributed by atoms with Crippen molar-refractivity contribution in [2.45, 2.75) is 25.1 Å². The molecule has 3 rings (SSSR count). The molecular weight excluding hydrogens is 379 g/mol. The lowest BCUT2D eigenvalue weighted by molar-refractivity contribution is -0.141. The summed E-state index contributed by atoms with van der Waals surface area (Å²) in [6.07, 6.45) is 2.46. The topological polar surface area (TPSA) is 80.8 Å². The van der Waals surface area contributed by atoms with Gasteiger partial charge in [0.1, 0.15) is 18.8 Å². The van der Waals surface area contributed by atoms with Gasteiger partial charge in [0, 0.05) is 5.56 Å². The van der Waals surface area contributed by atoms with Gasteiger partial charge in [0.15, 0.2) is 5.16 Å². The molecule has 1 heterocycles. The number of ether oxygens (including phenoxy) is 1. The number of halogens is 1. The van der Waals surface area contributed by atoms with Gasteiger partial charge in [-0.2, -0.15) is 5.26 Å². The van der Waals surface area contributed by atoms with Gasteiger partial charge in [-0.1, -0.05) is 36.9 Å². The molecule has 0 aliphatic heterocycles. The molecule has 2 aromatic carbocycles. The van der Waals surface area contributed by atoms with E-state index in [1.54, 1.807) is 6.33 Å². The smallest absolute Gasteiger partial charge is 0.316 e. The van der Waals surface area contributed by atoms with Crippen LogP contribution in [0.15, 0.2) is 53.9 Å². The monoisotopic (exact) mass is 396 g/mol. The Bertz CT molecular complexity index is 1030. The second-order valence-corrected chi connectivity index (χ2v) is 6.78. The fourth-order valence-corrected chi connectivity index (χ4v) is 3.33. The van der Waals surface area contributed by atoms with Crippen molar-refractivity contribution in [1.29, 1.82) is 5.26 Å². The van der Waals surface area contributed by atoms with E-state index >= 15 is 0 Å². The molecule has 0 N–H and O–H groups in total. The van der Waals surface area contributed by atoms with Gasteiger partial charge in [-0.25, -0.2) is 4.39 Å². The quantitative estimate of drug-likeness (QED) is 0.448. The van der Waals surface area contributed by atoms with Crippen molar-refractivity contribution in [2.75, 3.05) is 5.75 Å². The summed E-state index contributed by atoms with van der Waals surface area (Å²) in [5, 5.41) is 17.4. The maximum Gasteiger partial charge on any atom is 0.316 e. The Labute approximate surface area is 166 Å². The average Bonchev–Trinajstić information content (AvgIpc) is 3.20. The second-order valence-electron chi connectivity index (χ2n) is 5.83. The molecule has 0 bridgehead atoms. The summed E-state index contributed by atoms with van der Waals surface area (Å²) in [5.74, 6) is -1.02. The Morgan fingerprint density at radius 2 is 2.11 bits per heavy atom. The predicted molar refractivity (Wildman–Crippen MR) is 102 cm³/mol. The van der Waals surface area contributed by atoms with Crippen molar-refractivity contribution in [2.24, 2.45) is 0 Å². The molecule has 0 amide bonds. The number of esters is 1. The summed E-state index contributed by atoms with van der Waals surface area (Å²) >= 11 is 1.19. The standard InChI is InChI=1S/C20H17FN4O2S/c1-2-15-5-3-4-6-18(15)25-13-23-24-20(25)28-12-19(26)27-11-16-9-14(10-22)7-8-17(16)21/h3-9,13H,2,11-12H2,1H3. The molecule has 0 aliphatic rings. The zero-order chi connectivity index (χ0) is 19.9. The number of aryl methyl sites for hydroxylation is 1.